The third-order valence-corrected chi connectivity index (χ3v) is 5.16. The molecule has 1 aromatic rings. The van der Waals surface area contributed by atoms with E-state index in [0.717, 1.165) is 24.4 Å². The molecule has 0 aromatic heterocycles. The maximum Gasteiger partial charge on any atom is 0.0208 e. The van der Waals surface area contributed by atoms with Crippen LogP contribution in [0.3, 0.4) is 0 Å². The van der Waals surface area contributed by atoms with Crippen molar-refractivity contribution in [2.75, 3.05) is 0 Å². The molecule has 1 saturated carbocycles. The van der Waals surface area contributed by atoms with Gasteiger partial charge in [-0.15, -0.1) is 0 Å². The van der Waals surface area contributed by atoms with Crippen LogP contribution in [0.1, 0.15) is 56.2 Å². The van der Waals surface area contributed by atoms with Crippen molar-refractivity contribution in [1.29, 1.82) is 0 Å². The zero-order chi connectivity index (χ0) is 13.2. The van der Waals surface area contributed by atoms with E-state index in [4.69, 9.17) is 0 Å². The van der Waals surface area contributed by atoms with E-state index in [1.54, 1.807) is 11.1 Å². The normalized spacial score (nSPS) is 30.3. The van der Waals surface area contributed by atoms with Crippen molar-refractivity contribution >= 4 is 0 Å². The summed E-state index contributed by atoms with van der Waals surface area (Å²) < 4.78 is 0. The van der Waals surface area contributed by atoms with Gasteiger partial charge in [0, 0.05) is 12.6 Å². The fraction of sp³-hybridized carbons (Fsp3) is 0.667. The van der Waals surface area contributed by atoms with Crippen LogP contribution in [-0.2, 0) is 19.4 Å². The number of fused-ring (bicyclic) bond motifs is 1. The largest absolute Gasteiger partial charge is 0.310 e. The molecule has 1 fully saturated rings. The molecular formula is C18H27N. The zero-order valence-electron chi connectivity index (χ0n) is 12.4. The fourth-order valence-corrected chi connectivity index (χ4v) is 3.95. The third-order valence-electron chi connectivity index (χ3n) is 5.16. The summed E-state index contributed by atoms with van der Waals surface area (Å²) in [6.45, 7) is 5.86. The van der Waals surface area contributed by atoms with Gasteiger partial charge in [0.05, 0.1) is 0 Å². The minimum atomic E-state index is 0.726. The van der Waals surface area contributed by atoms with Gasteiger partial charge in [0.2, 0.25) is 0 Å². The molecule has 0 spiro atoms. The lowest BCUT2D eigenvalue weighted by Crippen LogP contribution is -2.38. The number of hydrogen-bond acceptors (Lipinski definition) is 1. The van der Waals surface area contributed by atoms with E-state index < -0.39 is 0 Å². The smallest absolute Gasteiger partial charge is 0.0208 e. The van der Waals surface area contributed by atoms with E-state index in [1.807, 2.05) is 0 Å². The molecule has 0 radical (unpaired) electrons. The lowest BCUT2D eigenvalue weighted by Gasteiger charge is -2.33. The van der Waals surface area contributed by atoms with Crippen LogP contribution in [0.2, 0.25) is 0 Å². The Kier molecular flexibility index (Phi) is 3.93. The molecule has 1 nitrogen and oxygen atoms in total. The van der Waals surface area contributed by atoms with Gasteiger partial charge in [-0.05, 0) is 67.1 Å². The molecular weight excluding hydrogens is 230 g/mol. The van der Waals surface area contributed by atoms with E-state index >= 15 is 0 Å². The summed E-state index contributed by atoms with van der Waals surface area (Å²) in [4.78, 5) is 0. The third kappa shape index (κ3) is 3.02. The van der Waals surface area contributed by atoms with Crippen LogP contribution in [0.5, 0.6) is 0 Å². The first-order valence-corrected chi connectivity index (χ1v) is 8.06. The van der Waals surface area contributed by atoms with Crippen molar-refractivity contribution in [3.63, 3.8) is 0 Å². The molecule has 2 aliphatic carbocycles. The van der Waals surface area contributed by atoms with Crippen LogP contribution >= 0.6 is 0 Å². The minimum absolute atomic E-state index is 0.726. The van der Waals surface area contributed by atoms with E-state index in [2.05, 4.69) is 37.4 Å². The molecule has 1 aromatic carbocycles. The monoisotopic (exact) mass is 257 g/mol. The van der Waals surface area contributed by atoms with E-state index in [9.17, 15) is 0 Å². The van der Waals surface area contributed by atoms with Gasteiger partial charge in [0.25, 0.3) is 0 Å². The Balaban J connectivity index is 1.57. The van der Waals surface area contributed by atoms with Crippen molar-refractivity contribution in [2.24, 2.45) is 11.8 Å². The molecule has 3 atom stereocenters. The first kappa shape index (κ1) is 13.2. The van der Waals surface area contributed by atoms with Crippen molar-refractivity contribution < 1.29 is 0 Å². The Morgan fingerprint density at radius 1 is 1.11 bits per heavy atom. The standard InChI is InChI=1S/C18H27N/c1-13-6-9-18(14(2)10-13)19-12-15-7-8-16-4-3-5-17(16)11-15/h7-8,11,13-14,18-19H,3-6,9-10,12H2,1-2H3. The average molecular weight is 257 g/mol. The molecule has 0 bridgehead atoms. The second-order valence-corrected chi connectivity index (χ2v) is 6.84. The molecule has 0 saturated heterocycles. The summed E-state index contributed by atoms with van der Waals surface area (Å²) >= 11 is 0. The molecule has 0 aliphatic heterocycles. The molecule has 0 amide bonds. The van der Waals surface area contributed by atoms with Gasteiger partial charge >= 0.3 is 0 Å². The Morgan fingerprint density at radius 2 is 1.95 bits per heavy atom. The first-order chi connectivity index (χ1) is 9.22. The Morgan fingerprint density at radius 3 is 2.79 bits per heavy atom. The highest BCUT2D eigenvalue weighted by Crippen LogP contribution is 2.29. The van der Waals surface area contributed by atoms with E-state index in [0.29, 0.717) is 0 Å². The van der Waals surface area contributed by atoms with Crippen molar-refractivity contribution in [3.8, 4) is 0 Å². The number of rotatable bonds is 3. The van der Waals surface area contributed by atoms with Crippen LogP contribution in [-0.4, -0.2) is 6.04 Å². The number of nitrogens with one attached hydrogen (secondary N) is 1. The van der Waals surface area contributed by atoms with Crippen LogP contribution in [0.4, 0.5) is 0 Å². The lowest BCUT2D eigenvalue weighted by atomic mass is 9.80. The predicted octanol–water partition coefficient (Wildman–Crippen LogP) is 4.09. The highest BCUT2D eigenvalue weighted by molar-refractivity contribution is 5.35. The minimum Gasteiger partial charge on any atom is -0.310 e. The topological polar surface area (TPSA) is 12.0 Å². The van der Waals surface area contributed by atoms with Crippen molar-refractivity contribution in [2.45, 2.75) is 65.0 Å². The maximum absolute atomic E-state index is 3.80. The molecule has 3 unspecified atom stereocenters. The molecule has 19 heavy (non-hydrogen) atoms. The average Bonchev–Trinajstić information content (AvgIpc) is 2.85. The van der Waals surface area contributed by atoms with Crippen LogP contribution in [0.15, 0.2) is 18.2 Å². The maximum atomic E-state index is 3.80. The Hall–Kier alpha value is -0.820. The zero-order valence-corrected chi connectivity index (χ0v) is 12.4. The van der Waals surface area contributed by atoms with Crippen LogP contribution < -0.4 is 5.32 Å². The summed E-state index contributed by atoms with van der Waals surface area (Å²) in [5, 5.41) is 3.80. The van der Waals surface area contributed by atoms with Gasteiger partial charge in [-0.2, -0.15) is 0 Å². The highest BCUT2D eigenvalue weighted by atomic mass is 14.9. The van der Waals surface area contributed by atoms with Gasteiger partial charge in [-0.25, -0.2) is 0 Å². The molecule has 3 rings (SSSR count). The molecule has 1 N–H and O–H groups in total. The highest BCUT2D eigenvalue weighted by Gasteiger charge is 2.24. The first-order valence-electron chi connectivity index (χ1n) is 8.06. The van der Waals surface area contributed by atoms with Gasteiger partial charge in [0.15, 0.2) is 0 Å². The summed E-state index contributed by atoms with van der Waals surface area (Å²) in [7, 11) is 0. The summed E-state index contributed by atoms with van der Waals surface area (Å²) in [6.07, 6.45) is 8.08. The Labute approximate surface area is 117 Å². The van der Waals surface area contributed by atoms with E-state index in [1.165, 1.54) is 44.1 Å². The molecule has 2 aliphatic rings. The van der Waals surface area contributed by atoms with Gasteiger partial charge in [-0.3, -0.25) is 0 Å². The quantitative estimate of drug-likeness (QED) is 0.860. The molecule has 104 valence electrons. The number of benzene rings is 1. The molecule has 1 heteroatoms. The SMILES string of the molecule is CC1CCC(NCc2ccc3c(c2)CCC3)C(C)C1. The second kappa shape index (κ2) is 5.66. The number of aryl methyl sites for hydroxylation is 2. The lowest BCUT2D eigenvalue weighted by molar-refractivity contribution is 0.227. The van der Waals surface area contributed by atoms with Crippen molar-refractivity contribution in [1.82, 2.24) is 5.32 Å². The predicted molar refractivity (Wildman–Crippen MR) is 81.3 cm³/mol. The number of hydrogen-bond donors (Lipinski definition) is 1. The molecule has 0 heterocycles. The van der Waals surface area contributed by atoms with E-state index in [-0.39, 0.29) is 0 Å². The summed E-state index contributed by atoms with van der Waals surface area (Å²) in [5.41, 5.74) is 4.67. The van der Waals surface area contributed by atoms with Crippen LogP contribution in [0, 0.1) is 11.8 Å². The summed E-state index contributed by atoms with van der Waals surface area (Å²) in [6, 6.07) is 7.84. The van der Waals surface area contributed by atoms with Crippen molar-refractivity contribution in [3.05, 3.63) is 34.9 Å². The fourth-order valence-electron chi connectivity index (χ4n) is 3.95. The van der Waals surface area contributed by atoms with Gasteiger partial charge < -0.3 is 5.32 Å². The summed E-state index contributed by atoms with van der Waals surface area (Å²) in [5.74, 6) is 1.76. The van der Waals surface area contributed by atoms with Gasteiger partial charge in [0.1, 0.15) is 0 Å². The van der Waals surface area contributed by atoms with Crippen LogP contribution in [0.25, 0.3) is 0 Å². The van der Waals surface area contributed by atoms with Gasteiger partial charge in [-0.1, -0.05) is 32.0 Å². The Bertz CT molecular complexity index is 437. The second-order valence-electron chi connectivity index (χ2n) is 6.84.